The van der Waals surface area contributed by atoms with E-state index in [0.717, 1.165) is 54.4 Å². The lowest BCUT2D eigenvalue weighted by atomic mass is 9.99. The summed E-state index contributed by atoms with van der Waals surface area (Å²) >= 11 is 0. The minimum absolute atomic E-state index is 0.0834. The molecule has 2 aliphatic rings. The first-order valence-corrected chi connectivity index (χ1v) is 14.8. The van der Waals surface area contributed by atoms with E-state index in [-0.39, 0.29) is 17.5 Å². The van der Waals surface area contributed by atoms with Crippen LogP contribution in [0, 0.1) is 10.1 Å². The number of amides is 1. The van der Waals surface area contributed by atoms with Gasteiger partial charge in [0.15, 0.2) is 5.88 Å². The van der Waals surface area contributed by atoms with Crippen LogP contribution in [0.1, 0.15) is 42.4 Å². The van der Waals surface area contributed by atoms with E-state index in [0.29, 0.717) is 40.8 Å². The quantitative estimate of drug-likeness (QED) is 0.114. The number of aromatic nitrogens is 3. The largest absolute Gasteiger partial charge is 0.494 e. The number of anilines is 1. The topological polar surface area (TPSA) is 144 Å². The van der Waals surface area contributed by atoms with Crippen LogP contribution in [0.2, 0.25) is 0 Å². The van der Waals surface area contributed by atoms with Gasteiger partial charge < -0.3 is 24.9 Å². The molecule has 7 rings (SSSR count). The zero-order valence-corrected chi connectivity index (χ0v) is 24.0. The van der Waals surface area contributed by atoms with Crippen molar-refractivity contribution in [3.63, 3.8) is 0 Å². The highest BCUT2D eigenvalue weighted by molar-refractivity contribution is 6.22. The Bertz CT molecular complexity index is 1880. The molecule has 0 spiro atoms. The number of H-pyrrole nitrogens is 2. The van der Waals surface area contributed by atoms with Gasteiger partial charge in [-0.1, -0.05) is 36.4 Å². The smallest absolute Gasteiger partial charge is 0.270 e. The van der Waals surface area contributed by atoms with Gasteiger partial charge in [-0.05, 0) is 48.6 Å². The first-order valence-electron chi connectivity index (χ1n) is 14.8. The van der Waals surface area contributed by atoms with E-state index in [9.17, 15) is 20.0 Å². The number of carbonyl (C=O) groups excluding carboxylic acids is 1. The number of likely N-dealkylation sites (tertiary alicyclic amines) is 1. The fraction of sp³-hybridized carbons (Fsp3) is 0.242. The van der Waals surface area contributed by atoms with E-state index in [1.165, 1.54) is 25.0 Å². The number of aromatic amines is 2. The second-order valence-electron chi connectivity index (χ2n) is 11.3. The molecule has 222 valence electrons. The first kappa shape index (κ1) is 27.4. The van der Waals surface area contributed by atoms with Crippen molar-refractivity contribution in [3.8, 4) is 17.1 Å². The van der Waals surface area contributed by atoms with E-state index < -0.39 is 4.92 Å². The zero-order chi connectivity index (χ0) is 30.2. The van der Waals surface area contributed by atoms with Gasteiger partial charge in [0.1, 0.15) is 0 Å². The molecule has 2 saturated heterocycles. The molecule has 0 unspecified atom stereocenters. The Morgan fingerprint density at radius 3 is 2.45 bits per heavy atom. The lowest BCUT2D eigenvalue weighted by molar-refractivity contribution is -0.384. The van der Waals surface area contributed by atoms with Crippen molar-refractivity contribution in [2.24, 2.45) is 4.99 Å². The SMILES string of the molecule is O=C1CCCN1Cc1ccc(C(=Nc2ccc(-c3cnc(N4CCCC4)[nH]3)cc2)c2c(O)[nH]c3ccc([N+](=O)[O-])cc23)cc1. The molecule has 3 N–H and O–H groups in total. The van der Waals surface area contributed by atoms with Crippen molar-refractivity contribution in [2.75, 3.05) is 24.5 Å². The summed E-state index contributed by atoms with van der Waals surface area (Å²) in [6.45, 7) is 3.29. The predicted molar refractivity (Wildman–Crippen MR) is 168 cm³/mol. The van der Waals surface area contributed by atoms with Gasteiger partial charge in [0, 0.05) is 61.2 Å². The Balaban J connectivity index is 1.26. The Kier molecular flexibility index (Phi) is 7.05. The molecule has 0 radical (unpaired) electrons. The number of benzene rings is 3. The summed E-state index contributed by atoms with van der Waals surface area (Å²) in [6, 6.07) is 19.9. The molecule has 11 heteroatoms. The summed E-state index contributed by atoms with van der Waals surface area (Å²) in [5, 5.41) is 23.1. The van der Waals surface area contributed by atoms with E-state index in [1.54, 1.807) is 6.07 Å². The Labute approximate surface area is 253 Å². The molecule has 2 fully saturated rings. The van der Waals surface area contributed by atoms with Crippen LogP contribution in [-0.2, 0) is 11.3 Å². The average molecular weight is 590 g/mol. The molecule has 11 nitrogen and oxygen atoms in total. The van der Waals surface area contributed by atoms with Gasteiger partial charge in [0.25, 0.3) is 5.69 Å². The Morgan fingerprint density at radius 2 is 1.75 bits per heavy atom. The molecule has 2 aliphatic heterocycles. The maximum Gasteiger partial charge on any atom is 0.270 e. The van der Waals surface area contributed by atoms with E-state index in [2.05, 4.69) is 19.9 Å². The molecule has 0 atom stereocenters. The van der Waals surface area contributed by atoms with Crippen molar-refractivity contribution >= 4 is 39.8 Å². The number of aromatic hydroxyl groups is 1. The molecule has 0 aliphatic carbocycles. The van der Waals surface area contributed by atoms with E-state index in [1.807, 2.05) is 59.6 Å². The van der Waals surface area contributed by atoms with Crippen molar-refractivity contribution in [1.29, 1.82) is 0 Å². The van der Waals surface area contributed by atoms with Crippen molar-refractivity contribution in [2.45, 2.75) is 32.2 Å². The van der Waals surface area contributed by atoms with Gasteiger partial charge in [-0.3, -0.25) is 14.9 Å². The molecule has 2 aromatic heterocycles. The number of carbonyl (C=O) groups is 1. The number of imidazole rings is 1. The van der Waals surface area contributed by atoms with Crippen molar-refractivity contribution < 1.29 is 14.8 Å². The minimum atomic E-state index is -0.457. The van der Waals surface area contributed by atoms with Gasteiger partial charge >= 0.3 is 0 Å². The second-order valence-corrected chi connectivity index (χ2v) is 11.3. The molecule has 5 aromatic rings. The number of nitro benzene ring substituents is 1. The first-order chi connectivity index (χ1) is 21.4. The van der Waals surface area contributed by atoms with Gasteiger partial charge in [0.2, 0.25) is 11.9 Å². The molecule has 4 heterocycles. The normalized spacial score (nSPS) is 15.5. The molecular formula is C33H31N7O4. The molecule has 1 amide bonds. The number of aliphatic imine (C=N–C) groups is 1. The second kappa shape index (κ2) is 11.3. The van der Waals surface area contributed by atoms with Crippen LogP contribution >= 0.6 is 0 Å². The number of nitrogens with one attached hydrogen (secondary N) is 2. The fourth-order valence-electron chi connectivity index (χ4n) is 6.04. The molecule has 0 bridgehead atoms. The Morgan fingerprint density at radius 1 is 0.977 bits per heavy atom. The summed E-state index contributed by atoms with van der Waals surface area (Å²) in [4.78, 5) is 43.3. The third-order valence-electron chi connectivity index (χ3n) is 8.37. The number of non-ortho nitro benzene ring substituents is 1. The molecule has 3 aromatic carbocycles. The highest BCUT2D eigenvalue weighted by Gasteiger charge is 2.23. The predicted octanol–water partition coefficient (Wildman–Crippen LogP) is 6.06. The van der Waals surface area contributed by atoms with Crippen LogP contribution in [0.3, 0.4) is 0 Å². The summed E-state index contributed by atoms with van der Waals surface area (Å²) in [6.07, 6.45) is 5.64. The van der Waals surface area contributed by atoms with Crippen LogP contribution in [0.25, 0.3) is 22.2 Å². The number of hydrogen-bond acceptors (Lipinski definition) is 7. The lowest BCUT2D eigenvalue weighted by Gasteiger charge is -2.16. The van der Waals surface area contributed by atoms with E-state index >= 15 is 0 Å². The van der Waals surface area contributed by atoms with Crippen LogP contribution in [0.15, 0.2) is 77.9 Å². The van der Waals surface area contributed by atoms with Gasteiger partial charge in [-0.15, -0.1) is 0 Å². The number of hydrogen-bond donors (Lipinski definition) is 3. The summed E-state index contributed by atoms with van der Waals surface area (Å²) in [5.74, 6) is 0.908. The maximum atomic E-state index is 12.1. The molecule has 0 saturated carbocycles. The third-order valence-corrected chi connectivity index (χ3v) is 8.37. The van der Waals surface area contributed by atoms with Crippen molar-refractivity contribution in [1.82, 2.24) is 19.9 Å². The molecular weight excluding hydrogens is 558 g/mol. The van der Waals surface area contributed by atoms with Crippen LogP contribution in [0.4, 0.5) is 17.3 Å². The number of rotatable bonds is 8. The summed E-state index contributed by atoms with van der Waals surface area (Å²) in [7, 11) is 0. The van der Waals surface area contributed by atoms with Gasteiger partial charge in [-0.2, -0.15) is 0 Å². The van der Waals surface area contributed by atoms with Crippen LogP contribution in [-0.4, -0.2) is 61.1 Å². The minimum Gasteiger partial charge on any atom is -0.494 e. The average Bonchev–Trinajstić information content (AvgIpc) is 3.84. The van der Waals surface area contributed by atoms with Gasteiger partial charge in [0.05, 0.1) is 33.8 Å². The monoisotopic (exact) mass is 589 g/mol. The number of nitrogens with zero attached hydrogens (tertiary/aromatic N) is 5. The third kappa shape index (κ3) is 5.28. The fourth-order valence-corrected chi connectivity index (χ4v) is 6.04. The molecule has 44 heavy (non-hydrogen) atoms. The zero-order valence-electron chi connectivity index (χ0n) is 24.0. The highest BCUT2D eigenvalue weighted by atomic mass is 16.6. The summed E-state index contributed by atoms with van der Waals surface area (Å²) < 4.78 is 0. The van der Waals surface area contributed by atoms with Crippen LogP contribution < -0.4 is 4.90 Å². The number of fused-ring (bicyclic) bond motifs is 1. The van der Waals surface area contributed by atoms with E-state index in [4.69, 9.17) is 4.99 Å². The highest BCUT2D eigenvalue weighted by Crippen LogP contribution is 2.34. The van der Waals surface area contributed by atoms with Crippen LogP contribution in [0.5, 0.6) is 5.88 Å². The standard InChI is InChI=1S/C33H31N7O4/c41-29-4-3-17-39(29)20-21-5-7-23(8-6-21)31(30-26-18-25(40(43)44)13-14-27(26)36-32(30)42)35-24-11-9-22(10-12-24)28-19-34-33(37-28)38-15-1-2-16-38/h5-14,18-19,36,42H,1-4,15-17,20H2,(H,34,37). The summed E-state index contributed by atoms with van der Waals surface area (Å²) in [5.41, 5.74) is 5.54. The Hall–Kier alpha value is -5.45. The lowest BCUT2D eigenvalue weighted by Crippen LogP contribution is -2.23. The number of nitro groups is 1. The van der Waals surface area contributed by atoms with Crippen molar-refractivity contribution in [3.05, 3.63) is 99.7 Å². The van der Waals surface area contributed by atoms with Gasteiger partial charge in [-0.25, -0.2) is 9.98 Å². The maximum absolute atomic E-state index is 12.1.